The number of amides is 1. The number of nitrogens with zero attached hydrogens (tertiary/aromatic N) is 2. The van der Waals surface area contributed by atoms with Crippen molar-refractivity contribution in [1.82, 2.24) is 15.6 Å². The summed E-state index contributed by atoms with van der Waals surface area (Å²) in [6, 6.07) is 10.0. The number of rotatable bonds is 3. The van der Waals surface area contributed by atoms with Crippen LogP contribution in [0.1, 0.15) is 16.1 Å². The third-order valence-corrected chi connectivity index (χ3v) is 4.02. The molecule has 4 rings (SSSR count). The van der Waals surface area contributed by atoms with Gasteiger partial charge in [0.1, 0.15) is 0 Å². The Hall–Kier alpha value is -3.39. The van der Waals surface area contributed by atoms with Gasteiger partial charge in [-0.3, -0.25) is 9.59 Å². The zero-order valence-corrected chi connectivity index (χ0v) is 13.9. The van der Waals surface area contributed by atoms with Gasteiger partial charge in [0.25, 0.3) is 11.5 Å². The van der Waals surface area contributed by atoms with Crippen molar-refractivity contribution in [1.29, 1.82) is 0 Å². The average molecular weight is 371 g/mol. The van der Waals surface area contributed by atoms with Crippen LogP contribution >= 0.6 is 11.6 Å². The maximum atomic E-state index is 12.3. The maximum absolute atomic E-state index is 12.3. The highest BCUT2D eigenvalue weighted by atomic mass is 35.5. The molecule has 0 saturated heterocycles. The molecule has 8 nitrogen and oxygen atoms in total. The minimum atomic E-state index is -0.555. The van der Waals surface area contributed by atoms with Crippen molar-refractivity contribution in [3.63, 3.8) is 0 Å². The van der Waals surface area contributed by atoms with Gasteiger partial charge in [-0.2, -0.15) is 10.2 Å². The van der Waals surface area contributed by atoms with Crippen LogP contribution in [0.2, 0.25) is 5.02 Å². The van der Waals surface area contributed by atoms with Crippen molar-refractivity contribution in [2.24, 2.45) is 5.10 Å². The molecular formula is C17H11ClN4O4. The second-order valence-corrected chi connectivity index (χ2v) is 5.79. The summed E-state index contributed by atoms with van der Waals surface area (Å²) >= 11 is 6.09. The average Bonchev–Trinajstić information content (AvgIpc) is 3.11. The quantitative estimate of drug-likeness (QED) is 0.542. The number of hydrogen-bond acceptors (Lipinski definition) is 6. The third kappa shape index (κ3) is 2.86. The van der Waals surface area contributed by atoms with E-state index in [2.05, 4.69) is 20.7 Å². The number of nitrogens with one attached hydrogen (secondary N) is 2. The fraction of sp³-hybridized carbons (Fsp3) is 0.0588. The van der Waals surface area contributed by atoms with Gasteiger partial charge in [0.2, 0.25) is 6.79 Å². The number of hydrogen-bond donors (Lipinski definition) is 2. The molecule has 130 valence electrons. The van der Waals surface area contributed by atoms with Gasteiger partial charge in [-0.1, -0.05) is 29.8 Å². The molecule has 2 heterocycles. The fourth-order valence-corrected chi connectivity index (χ4v) is 2.84. The van der Waals surface area contributed by atoms with E-state index in [9.17, 15) is 9.59 Å². The Labute approximate surface area is 151 Å². The standard InChI is InChI=1S/C17H11ClN4O4/c18-12-5-9(6-13-15(12)26-8-25-13)7-19-21-17(24)14-10-3-1-2-4-11(10)16(23)22-20-14/h1-7H,8H2,(H,21,24)(H,22,23)/b19-7-. The van der Waals surface area contributed by atoms with Gasteiger partial charge in [0.15, 0.2) is 17.2 Å². The molecule has 3 aromatic rings. The molecule has 1 aliphatic rings. The smallest absolute Gasteiger partial charge is 0.292 e. The van der Waals surface area contributed by atoms with Crippen molar-refractivity contribution in [2.45, 2.75) is 0 Å². The number of aromatic nitrogens is 2. The Morgan fingerprint density at radius 3 is 2.92 bits per heavy atom. The molecule has 0 unspecified atom stereocenters. The lowest BCUT2D eigenvalue weighted by molar-refractivity contribution is 0.0951. The zero-order chi connectivity index (χ0) is 18.1. The van der Waals surface area contributed by atoms with E-state index in [0.717, 1.165) is 0 Å². The highest BCUT2D eigenvalue weighted by Gasteiger charge is 2.18. The highest BCUT2D eigenvalue weighted by molar-refractivity contribution is 6.32. The Morgan fingerprint density at radius 1 is 1.27 bits per heavy atom. The Morgan fingerprint density at radius 2 is 2.08 bits per heavy atom. The first-order chi connectivity index (χ1) is 12.6. The van der Waals surface area contributed by atoms with Gasteiger partial charge in [-0.05, 0) is 23.8 Å². The number of fused-ring (bicyclic) bond motifs is 2. The van der Waals surface area contributed by atoms with Crippen LogP contribution in [0.15, 0.2) is 46.3 Å². The molecule has 0 atom stereocenters. The fourth-order valence-electron chi connectivity index (χ4n) is 2.57. The summed E-state index contributed by atoms with van der Waals surface area (Å²) in [5.41, 5.74) is 2.71. The molecule has 1 amide bonds. The van der Waals surface area contributed by atoms with Crippen LogP contribution in [0.25, 0.3) is 10.8 Å². The molecule has 0 saturated carbocycles. The molecule has 2 aromatic carbocycles. The van der Waals surface area contributed by atoms with Gasteiger partial charge in [0.05, 0.1) is 16.6 Å². The summed E-state index contributed by atoms with van der Waals surface area (Å²) in [6.45, 7) is 0.108. The minimum Gasteiger partial charge on any atom is -0.454 e. The van der Waals surface area contributed by atoms with Crippen molar-refractivity contribution in [2.75, 3.05) is 6.79 Å². The van der Waals surface area contributed by atoms with Crippen LogP contribution < -0.4 is 20.5 Å². The molecular weight excluding hydrogens is 360 g/mol. The van der Waals surface area contributed by atoms with E-state index in [1.165, 1.54) is 6.21 Å². The minimum absolute atomic E-state index is 0.0704. The van der Waals surface area contributed by atoms with E-state index in [1.807, 2.05) is 0 Å². The lowest BCUT2D eigenvalue weighted by Crippen LogP contribution is -2.22. The molecule has 0 bridgehead atoms. The van der Waals surface area contributed by atoms with Crippen LogP contribution in [-0.2, 0) is 0 Å². The van der Waals surface area contributed by atoms with E-state index < -0.39 is 5.91 Å². The molecule has 26 heavy (non-hydrogen) atoms. The van der Waals surface area contributed by atoms with Gasteiger partial charge < -0.3 is 9.47 Å². The summed E-state index contributed by atoms with van der Waals surface area (Å²) in [7, 11) is 0. The lowest BCUT2D eigenvalue weighted by atomic mass is 10.1. The number of halogens is 1. The van der Waals surface area contributed by atoms with Crippen LogP contribution in [0.4, 0.5) is 0 Å². The molecule has 0 fully saturated rings. The number of hydrazone groups is 1. The van der Waals surface area contributed by atoms with Crippen LogP contribution in [0.3, 0.4) is 0 Å². The first-order valence-electron chi connectivity index (χ1n) is 7.53. The van der Waals surface area contributed by atoms with Crippen LogP contribution in [0.5, 0.6) is 11.5 Å². The lowest BCUT2D eigenvalue weighted by Gasteiger charge is -2.03. The predicted octanol–water partition coefficient (Wildman–Crippen LogP) is 2.07. The molecule has 1 aliphatic heterocycles. The first kappa shape index (κ1) is 16.1. The summed E-state index contributed by atoms with van der Waals surface area (Å²) in [4.78, 5) is 24.1. The maximum Gasteiger partial charge on any atom is 0.292 e. The number of aromatic amines is 1. The monoisotopic (exact) mass is 370 g/mol. The number of carbonyl (C=O) groups is 1. The normalized spacial score (nSPS) is 12.7. The van der Waals surface area contributed by atoms with Gasteiger partial charge in [0, 0.05) is 5.39 Å². The summed E-state index contributed by atoms with van der Waals surface area (Å²) in [5.74, 6) is 0.441. The second-order valence-electron chi connectivity index (χ2n) is 5.38. The van der Waals surface area contributed by atoms with E-state index in [-0.39, 0.29) is 18.0 Å². The first-order valence-corrected chi connectivity index (χ1v) is 7.91. The number of ether oxygens (including phenoxy) is 2. The van der Waals surface area contributed by atoms with Crippen molar-refractivity contribution in [3.8, 4) is 11.5 Å². The predicted molar refractivity (Wildman–Crippen MR) is 95.0 cm³/mol. The number of H-pyrrole nitrogens is 1. The molecule has 0 radical (unpaired) electrons. The van der Waals surface area contributed by atoms with Crippen molar-refractivity contribution in [3.05, 3.63) is 63.0 Å². The van der Waals surface area contributed by atoms with E-state index >= 15 is 0 Å². The molecule has 1 aromatic heterocycles. The Bertz CT molecular complexity index is 1110. The summed E-state index contributed by atoms with van der Waals surface area (Å²) < 4.78 is 10.5. The van der Waals surface area contributed by atoms with Crippen molar-refractivity contribution < 1.29 is 14.3 Å². The van der Waals surface area contributed by atoms with Crippen LogP contribution in [-0.4, -0.2) is 29.1 Å². The Balaban J connectivity index is 1.57. The van der Waals surface area contributed by atoms with Gasteiger partial charge in [-0.15, -0.1) is 0 Å². The molecule has 9 heteroatoms. The van der Waals surface area contributed by atoms with E-state index in [4.69, 9.17) is 21.1 Å². The highest BCUT2D eigenvalue weighted by Crippen LogP contribution is 2.39. The molecule has 0 spiro atoms. The summed E-state index contributed by atoms with van der Waals surface area (Å²) in [5, 5.41) is 11.2. The van der Waals surface area contributed by atoms with Crippen molar-refractivity contribution >= 4 is 34.5 Å². The molecule has 0 aliphatic carbocycles. The second kappa shape index (κ2) is 6.49. The summed E-state index contributed by atoms with van der Waals surface area (Å²) in [6.07, 6.45) is 1.42. The third-order valence-electron chi connectivity index (χ3n) is 3.74. The number of carbonyl (C=O) groups excluding carboxylic acids is 1. The largest absolute Gasteiger partial charge is 0.454 e. The topological polar surface area (TPSA) is 106 Å². The zero-order valence-electron chi connectivity index (χ0n) is 13.2. The van der Waals surface area contributed by atoms with Gasteiger partial charge in [-0.25, -0.2) is 10.5 Å². The van der Waals surface area contributed by atoms with E-state index in [0.29, 0.717) is 32.9 Å². The van der Waals surface area contributed by atoms with E-state index in [1.54, 1.807) is 36.4 Å². The van der Waals surface area contributed by atoms with Gasteiger partial charge >= 0.3 is 0 Å². The SMILES string of the molecule is O=C(N/N=C\c1cc(Cl)c2c(c1)OCO2)c1n[nH]c(=O)c2ccccc12. The van der Waals surface area contributed by atoms with Crippen LogP contribution in [0, 0.1) is 0 Å². The Kier molecular flexibility index (Phi) is 4.02. The number of benzene rings is 2. The molecule has 2 N–H and O–H groups in total.